The van der Waals surface area contributed by atoms with Gasteiger partial charge in [0.25, 0.3) is 0 Å². The van der Waals surface area contributed by atoms with Gasteiger partial charge in [-0.05, 0) is 50.9 Å². The first-order valence-electron chi connectivity index (χ1n) is 13.0. The minimum Gasteiger partial charge on any atom is -0.467 e. The van der Waals surface area contributed by atoms with Crippen LogP contribution in [0.5, 0.6) is 0 Å². The Morgan fingerprint density at radius 3 is 2.60 bits per heavy atom. The van der Waals surface area contributed by atoms with Crippen LogP contribution in [-0.4, -0.2) is 66.4 Å². The second-order valence-electron chi connectivity index (χ2n) is 11.0. The van der Waals surface area contributed by atoms with Gasteiger partial charge in [-0.25, -0.2) is 14.6 Å². The highest BCUT2D eigenvalue weighted by atomic mass is 17.3. The highest BCUT2D eigenvalue weighted by Gasteiger charge is 2.69. The molecule has 196 valence electrons. The first-order chi connectivity index (χ1) is 16.7. The van der Waals surface area contributed by atoms with Gasteiger partial charge in [-0.3, -0.25) is 9.59 Å². The maximum Gasteiger partial charge on any atom is 0.328 e. The fourth-order valence-corrected chi connectivity index (χ4v) is 6.99. The maximum atomic E-state index is 12.8. The van der Waals surface area contributed by atoms with E-state index in [-0.39, 0.29) is 36.5 Å². The van der Waals surface area contributed by atoms with Gasteiger partial charge in [-0.15, -0.1) is 0 Å². The third-order valence-electron chi connectivity index (χ3n) is 8.93. The number of ether oxygens (including phenoxy) is 4. The minimum atomic E-state index is -0.898. The minimum absolute atomic E-state index is 0.0324. The lowest BCUT2D eigenvalue weighted by atomic mass is 9.58. The summed E-state index contributed by atoms with van der Waals surface area (Å²) in [4.78, 5) is 50.8. The summed E-state index contributed by atoms with van der Waals surface area (Å²) in [6.07, 6.45) is 3.29. The number of fused-ring (bicyclic) bond motifs is 2. The zero-order chi connectivity index (χ0) is 25.0. The van der Waals surface area contributed by atoms with E-state index in [1.807, 2.05) is 13.8 Å². The zero-order valence-electron chi connectivity index (χ0n) is 21.0. The smallest absolute Gasteiger partial charge is 0.328 e. The van der Waals surface area contributed by atoms with Crippen LogP contribution in [0, 0.1) is 23.7 Å². The normalized spacial score (nSPS) is 44.3. The third kappa shape index (κ3) is 4.16. The van der Waals surface area contributed by atoms with E-state index in [1.54, 1.807) is 0 Å². The number of hydrogen-bond acceptors (Lipinski definition) is 9. The molecule has 1 aliphatic carbocycles. The van der Waals surface area contributed by atoms with Crippen molar-refractivity contribution in [1.29, 1.82) is 0 Å². The molecule has 0 aromatic rings. The van der Waals surface area contributed by atoms with Crippen molar-refractivity contribution in [2.24, 2.45) is 23.7 Å². The molecule has 2 bridgehead atoms. The Morgan fingerprint density at radius 1 is 1.03 bits per heavy atom. The van der Waals surface area contributed by atoms with Gasteiger partial charge in [0.1, 0.15) is 6.04 Å². The van der Waals surface area contributed by atoms with E-state index < -0.39 is 41.9 Å². The number of likely N-dealkylation sites (tertiary alicyclic amines) is 1. The summed E-state index contributed by atoms with van der Waals surface area (Å²) >= 11 is 0. The summed E-state index contributed by atoms with van der Waals surface area (Å²) in [6, 6.07) is -0.575. The molecule has 1 saturated carbocycles. The van der Waals surface area contributed by atoms with Crippen molar-refractivity contribution in [3.8, 4) is 0 Å². The Morgan fingerprint density at radius 2 is 1.83 bits per heavy atom. The first-order valence-corrected chi connectivity index (χ1v) is 13.0. The molecule has 35 heavy (non-hydrogen) atoms. The number of carbonyl (C=O) groups excluding carboxylic acids is 3. The van der Waals surface area contributed by atoms with Crippen molar-refractivity contribution in [3.63, 3.8) is 0 Å². The van der Waals surface area contributed by atoms with Crippen LogP contribution in [0.1, 0.15) is 72.1 Å². The van der Waals surface area contributed by atoms with Gasteiger partial charge >= 0.3 is 11.9 Å². The van der Waals surface area contributed by atoms with Crippen molar-refractivity contribution in [1.82, 2.24) is 4.90 Å². The van der Waals surface area contributed by atoms with E-state index >= 15 is 0 Å². The summed E-state index contributed by atoms with van der Waals surface area (Å²) in [5.41, 5.74) is -0.718. The van der Waals surface area contributed by atoms with Crippen LogP contribution in [0.3, 0.4) is 0 Å². The second kappa shape index (κ2) is 9.28. The summed E-state index contributed by atoms with van der Waals surface area (Å²) in [6.45, 7) is 6.60. The Hall–Kier alpha value is -1.75. The van der Waals surface area contributed by atoms with E-state index in [0.29, 0.717) is 25.3 Å². The molecule has 6 aliphatic rings. The topological polar surface area (TPSA) is 110 Å². The molecule has 5 heterocycles. The van der Waals surface area contributed by atoms with Crippen molar-refractivity contribution in [2.75, 3.05) is 13.7 Å². The molecule has 0 N–H and O–H groups in total. The van der Waals surface area contributed by atoms with Crippen LogP contribution in [-0.2, 0) is 43.1 Å². The predicted molar refractivity (Wildman–Crippen MR) is 119 cm³/mol. The summed E-state index contributed by atoms with van der Waals surface area (Å²) < 4.78 is 23.1. The summed E-state index contributed by atoms with van der Waals surface area (Å²) in [7, 11) is 1.31. The van der Waals surface area contributed by atoms with E-state index in [9.17, 15) is 14.4 Å². The molecule has 9 unspecified atom stereocenters. The van der Waals surface area contributed by atoms with Gasteiger partial charge in [0, 0.05) is 31.2 Å². The molecule has 0 aromatic heterocycles. The predicted octanol–water partition coefficient (Wildman–Crippen LogP) is 2.68. The molecule has 5 aliphatic heterocycles. The van der Waals surface area contributed by atoms with Crippen molar-refractivity contribution in [3.05, 3.63) is 0 Å². The van der Waals surface area contributed by atoms with Gasteiger partial charge < -0.3 is 23.8 Å². The molecule has 9 atom stereocenters. The Labute approximate surface area is 205 Å². The lowest BCUT2D eigenvalue weighted by Gasteiger charge is -2.59. The number of hydrogen-bond donors (Lipinski definition) is 0. The van der Waals surface area contributed by atoms with Crippen LogP contribution in [0.4, 0.5) is 0 Å². The van der Waals surface area contributed by atoms with Crippen LogP contribution < -0.4 is 0 Å². The summed E-state index contributed by atoms with van der Waals surface area (Å²) in [5, 5.41) is 0. The third-order valence-corrected chi connectivity index (χ3v) is 8.93. The van der Waals surface area contributed by atoms with Gasteiger partial charge in [-0.2, -0.15) is 0 Å². The van der Waals surface area contributed by atoms with Gasteiger partial charge in [-0.1, -0.05) is 13.8 Å². The second-order valence-corrected chi connectivity index (χ2v) is 11.0. The highest BCUT2D eigenvalue weighted by molar-refractivity contribution is 5.87. The van der Waals surface area contributed by atoms with E-state index in [0.717, 1.165) is 25.7 Å². The SMILES string of the molecule is COC(=O)C1CCCN1C(=O)CCC(=O)OC1OC2OC3(C)CCC4C(C)CCC(C1C)C24OO3. The largest absolute Gasteiger partial charge is 0.467 e. The molecule has 5 saturated heterocycles. The number of carbonyl (C=O) groups is 3. The van der Waals surface area contributed by atoms with Gasteiger partial charge in [0.15, 0.2) is 11.9 Å². The molecular formula is C25H37NO9. The molecule has 1 amide bonds. The maximum absolute atomic E-state index is 12.8. The van der Waals surface area contributed by atoms with Crippen molar-refractivity contribution >= 4 is 17.8 Å². The number of amides is 1. The van der Waals surface area contributed by atoms with Crippen LogP contribution in [0.2, 0.25) is 0 Å². The average molecular weight is 496 g/mol. The Kier molecular flexibility index (Phi) is 6.61. The fourth-order valence-electron chi connectivity index (χ4n) is 6.99. The van der Waals surface area contributed by atoms with E-state index in [2.05, 4.69) is 6.92 Å². The molecule has 6 rings (SSSR count). The monoisotopic (exact) mass is 495 g/mol. The summed E-state index contributed by atoms with van der Waals surface area (Å²) in [5.74, 6) is -1.48. The first kappa shape index (κ1) is 24.9. The number of methoxy groups -OCH3 is 1. The van der Waals surface area contributed by atoms with E-state index in [4.69, 9.17) is 28.7 Å². The van der Waals surface area contributed by atoms with Crippen molar-refractivity contribution < 1.29 is 43.1 Å². The highest BCUT2D eigenvalue weighted by Crippen LogP contribution is 2.60. The number of esters is 2. The lowest BCUT2D eigenvalue weighted by Crippen LogP contribution is -2.70. The standard InChI is InChI=1S/C25H37NO9/c1-14-7-8-17-15(2)22(32-23-25(17)16(14)11-12-24(3,33-23)34-35-25)31-20(28)10-9-19(27)26-13-5-6-18(26)21(29)30-4/h14-18,22-23H,5-13H2,1-4H3. The number of nitrogens with zero attached hydrogens (tertiary/aromatic N) is 1. The number of rotatable bonds is 5. The van der Waals surface area contributed by atoms with Gasteiger partial charge in [0.05, 0.1) is 13.5 Å². The van der Waals surface area contributed by atoms with Crippen LogP contribution in [0.25, 0.3) is 0 Å². The lowest BCUT2D eigenvalue weighted by molar-refractivity contribution is -0.576. The fraction of sp³-hybridized carbons (Fsp3) is 0.880. The molecule has 0 radical (unpaired) electrons. The zero-order valence-corrected chi connectivity index (χ0v) is 21.0. The molecule has 10 heteroatoms. The molecule has 10 nitrogen and oxygen atoms in total. The molecular weight excluding hydrogens is 458 g/mol. The van der Waals surface area contributed by atoms with E-state index in [1.165, 1.54) is 12.0 Å². The van der Waals surface area contributed by atoms with Crippen molar-refractivity contribution in [2.45, 2.75) is 102 Å². The quantitative estimate of drug-likeness (QED) is 0.420. The molecule has 1 spiro atoms. The Bertz CT molecular complexity index is 866. The average Bonchev–Trinajstić information content (AvgIpc) is 3.22. The van der Waals surface area contributed by atoms with Gasteiger partial charge in [0.2, 0.25) is 18.0 Å². The van der Waals surface area contributed by atoms with Crippen LogP contribution >= 0.6 is 0 Å². The molecule has 0 aromatic carbocycles. The molecule has 6 fully saturated rings. The Balaban J connectivity index is 1.24. The van der Waals surface area contributed by atoms with Crippen LogP contribution in [0.15, 0.2) is 0 Å².